The number of aliphatic hydroxyl groups excluding tert-OH is 1. The van der Waals surface area contributed by atoms with Crippen molar-refractivity contribution >= 4 is 22.9 Å². The van der Waals surface area contributed by atoms with E-state index in [9.17, 15) is 13.9 Å². The van der Waals surface area contributed by atoms with Crippen molar-refractivity contribution in [3.8, 4) is 0 Å². The Labute approximate surface area is 99.9 Å². The molecule has 1 aromatic heterocycles. The molecule has 0 saturated carbocycles. The lowest BCUT2D eigenvalue weighted by Crippen LogP contribution is -2.01. The molecule has 0 aliphatic carbocycles. The molecule has 0 saturated heterocycles. The zero-order valence-electron chi connectivity index (χ0n) is 7.95. The monoisotopic (exact) mass is 260 g/mol. The predicted molar refractivity (Wildman–Crippen MR) is 59.7 cm³/mol. The van der Waals surface area contributed by atoms with Crippen LogP contribution in [0, 0.1) is 11.6 Å². The van der Waals surface area contributed by atoms with Crippen LogP contribution in [-0.4, -0.2) is 5.11 Å². The number of rotatable bonds is 2. The van der Waals surface area contributed by atoms with Crippen LogP contribution in [0.5, 0.6) is 0 Å². The highest BCUT2D eigenvalue weighted by Gasteiger charge is 2.19. The molecule has 2 aromatic rings. The number of halogens is 3. The van der Waals surface area contributed by atoms with Gasteiger partial charge in [0.25, 0.3) is 0 Å². The van der Waals surface area contributed by atoms with Gasteiger partial charge in [-0.15, -0.1) is 11.3 Å². The number of hydrogen-bond donors (Lipinski definition) is 1. The highest BCUT2D eigenvalue weighted by Crippen LogP contribution is 2.33. The van der Waals surface area contributed by atoms with E-state index in [1.807, 2.05) is 0 Å². The Hall–Kier alpha value is -0.970. The molecule has 0 fully saturated rings. The van der Waals surface area contributed by atoms with Gasteiger partial charge in [-0.25, -0.2) is 8.78 Å². The number of thiophene rings is 1. The molecule has 1 atom stereocenters. The molecule has 1 nitrogen and oxygen atoms in total. The Bertz CT molecular complexity index is 512. The van der Waals surface area contributed by atoms with E-state index in [0.717, 1.165) is 18.2 Å². The summed E-state index contributed by atoms with van der Waals surface area (Å²) in [7, 11) is 0. The van der Waals surface area contributed by atoms with E-state index < -0.39 is 17.7 Å². The molecular weight excluding hydrogens is 254 g/mol. The van der Waals surface area contributed by atoms with Gasteiger partial charge < -0.3 is 5.11 Å². The van der Waals surface area contributed by atoms with Crippen LogP contribution in [0.25, 0.3) is 0 Å². The molecule has 5 heteroatoms. The first-order valence-corrected chi connectivity index (χ1v) is 5.71. The Morgan fingerprint density at radius 1 is 1.25 bits per heavy atom. The van der Waals surface area contributed by atoms with Crippen molar-refractivity contribution < 1.29 is 13.9 Å². The molecule has 0 aliphatic heterocycles. The second-order valence-electron chi connectivity index (χ2n) is 3.20. The van der Waals surface area contributed by atoms with Crippen LogP contribution >= 0.6 is 22.9 Å². The lowest BCUT2D eigenvalue weighted by molar-refractivity contribution is 0.218. The van der Waals surface area contributed by atoms with Crippen LogP contribution < -0.4 is 0 Å². The molecule has 0 radical (unpaired) electrons. The van der Waals surface area contributed by atoms with Crippen molar-refractivity contribution in [1.82, 2.24) is 0 Å². The quantitative estimate of drug-likeness (QED) is 0.872. The summed E-state index contributed by atoms with van der Waals surface area (Å²) in [4.78, 5) is 0.408. The van der Waals surface area contributed by atoms with Crippen LogP contribution in [0.2, 0.25) is 5.02 Å². The highest BCUT2D eigenvalue weighted by atomic mass is 35.5. The van der Waals surface area contributed by atoms with Crippen molar-refractivity contribution in [1.29, 1.82) is 0 Å². The fourth-order valence-electron chi connectivity index (χ4n) is 1.37. The third-order valence-electron chi connectivity index (χ3n) is 2.15. The van der Waals surface area contributed by atoms with Gasteiger partial charge in [0.1, 0.15) is 17.7 Å². The fourth-order valence-corrected chi connectivity index (χ4v) is 2.53. The molecule has 0 amide bonds. The molecule has 1 N–H and O–H groups in total. The van der Waals surface area contributed by atoms with Gasteiger partial charge in [0.15, 0.2) is 0 Å². The molecule has 84 valence electrons. The minimum absolute atomic E-state index is 0.107. The van der Waals surface area contributed by atoms with Crippen LogP contribution in [0.1, 0.15) is 16.5 Å². The minimum atomic E-state index is -1.23. The summed E-state index contributed by atoms with van der Waals surface area (Å²) in [5.74, 6) is -1.25. The first kappa shape index (κ1) is 11.5. The molecular formula is C11H7ClF2OS. The minimum Gasteiger partial charge on any atom is -0.383 e. The van der Waals surface area contributed by atoms with Gasteiger partial charge in [0.05, 0.1) is 9.90 Å². The first-order chi connectivity index (χ1) is 7.59. The second-order valence-corrected chi connectivity index (χ2v) is 4.56. The van der Waals surface area contributed by atoms with Crippen molar-refractivity contribution in [3.05, 3.63) is 56.7 Å². The lowest BCUT2D eigenvalue weighted by Gasteiger charge is -2.10. The average Bonchev–Trinajstić information content (AvgIpc) is 2.67. The summed E-state index contributed by atoms with van der Waals surface area (Å²) in [6.45, 7) is 0. The largest absolute Gasteiger partial charge is 0.383 e. The van der Waals surface area contributed by atoms with Gasteiger partial charge in [-0.05, 0) is 29.6 Å². The zero-order valence-corrected chi connectivity index (χ0v) is 9.53. The van der Waals surface area contributed by atoms with Crippen LogP contribution in [0.3, 0.4) is 0 Å². The number of aliphatic hydroxyl groups is 1. The van der Waals surface area contributed by atoms with Gasteiger partial charge in [-0.3, -0.25) is 0 Å². The van der Waals surface area contributed by atoms with E-state index in [4.69, 9.17) is 11.6 Å². The Kier molecular flexibility index (Phi) is 3.23. The van der Waals surface area contributed by atoms with Crippen molar-refractivity contribution in [2.24, 2.45) is 0 Å². The van der Waals surface area contributed by atoms with E-state index in [2.05, 4.69) is 0 Å². The highest BCUT2D eigenvalue weighted by molar-refractivity contribution is 7.10. The topological polar surface area (TPSA) is 20.2 Å². The van der Waals surface area contributed by atoms with Crippen molar-refractivity contribution in [2.45, 2.75) is 6.10 Å². The van der Waals surface area contributed by atoms with E-state index in [1.165, 1.54) is 11.3 Å². The average molecular weight is 261 g/mol. The van der Waals surface area contributed by atoms with Gasteiger partial charge in [-0.1, -0.05) is 11.6 Å². The molecule has 0 spiro atoms. The van der Waals surface area contributed by atoms with Crippen molar-refractivity contribution in [3.63, 3.8) is 0 Å². The van der Waals surface area contributed by atoms with Gasteiger partial charge in [0.2, 0.25) is 0 Å². The Morgan fingerprint density at radius 2 is 2.00 bits per heavy atom. The van der Waals surface area contributed by atoms with E-state index >= 15 is 0 Å². The third-order valence-corrected chi connectivity index (χ3v) is 3.56. The van der Waals surface area contributed by atoms with Crippen LogP contribution in [0.15, 0.2) is 29.6 Å². The van der Waals surface area contributed by atoms with E-state index in [-0.39, 0.29) is 5.56 Å². The molecule has 0 aliphatic rings. The SMILES string of the molecule is OC(c1cc(F)ccc1F)c1sccc1Cl. The van der Waals surface area contributed by atoms with Crippen molar-refractivity contribution in [2.75, 3.05) is 0 Å². The molecule has 1 heterocycles. The maximum absolute atomic E-state index is 13.4. The van der Waals surface area contributed by atoms with Gasteiger partial charge in [-0.2, -0.15) is 0 Å². The summed E-state index contributed by atoms with van der Waals surface area (Å²) >= 11 is 7.01. The van der Waals surface area contributed by atoms with Gasteiger partial charge in [0, 0.05) is 5.56 Å². The molecule has 1 unspecified atom stereocenters. The normalized spacial score (nSPS) is 12.8. The lowest BCUT2D eigenvalue weighted by atomic mass is 10.1. The zero-order chi connectivity index (χ0) is 11.7. The maximum Gasteiger partial charge on any atom is 0.129 e. The molecule has 2 rings (SSSR count). The second kappa shape index (κ2) is 4.49. The summed E-state index contributed by atoms with van der Waals surface area (Å²) < 4.78 is 26.3. The fraction of sp³-hybridized carbons (Fsp3) is 0.0909. The first-order valence-electron chi connectivity index (χ1n) is 4.45. The summed E-state index contributed by atoms with van der Waals surface area (Å²) in [6.07, 6.45) is -1.23. The molecule has 0 bridgehead atoms. The van der Waals surface area contributed by atoms with E-state index in [1.54, 1.807) is 11.4 Å². The van der Waals surface area contributed by atoms with Gasteiger partial charge >= 0.3 is 0 Å². The summed E-state index contributed by atoms with van der Waals surface area (Å²) in [6, 6.07) is 4.55. The predicted octanol–water partition coefficient (Wildman–Crippen LogP) is 3.76. The summed E-state index contributed by atoms with van der Waals surface area (Å²) in [5.41, 5.74) is -0.107. The number of benzene rings is 1. The van der Waals surface area contributed by atoms with Crippen LogP contribution in [0.4, 0.5) is 8.78 Å². The number of hydrogen-bond acceptors (Lipinski definition) is 2. The summed E-state index contributed by atoms with van der Waals surface area (Å²) in [5, 5.41) is 11.9. The Morgan fingerprint density at radius 3 is 2.62 bits per heavy atom. The standard InChI is InChI=1S/C11H7ClF2OS/c12-8-3-4-16-11(8)10(15)7-5-6(13)1-2-9(7)14/h1-5,10,15H. The smallest absolute Gasteiger partial charge is 0.129 e. The third kappa shape index (κ3) is 2.09. The Balaban J connectivity index is 2.45. The molecule has 16 heavy (non-hydrogen) atoms. The van der Waals surface area contributed by atoms with E-state index in [0.29, 0.717) is 9.90 Å². The maximum atomic E-state index is 13.4. The molecule has 1 aromatic carbocycles. The van der Waals surface area contributed by atoms with Crippen LogP contribution in [-0.2, 0) is 0 Å².